The molecule has 0 aromatic heterocycles. The first-order valence-corrected chi connectivity index (χ1v) is 6.18. The lowest BCUT2D eigenvalue weighted by molar-refractivity contribution is -0.385. The number of nitro benzene ring substituents is 1. The summed E-state index contributed by atoms with van der Waals surface area (Å²) in [4.78, 5) is 22.1. The van der Waals surface area contributed by atoms with Gasteiger partial charge in [-0.15, -0.1) is 0 Å². The van der Waals surface area contributed by atoms with Crippen molar-refractivity contribution in [1.29, 1.82) is 0 Å². The van der Waals surface area contributed by atoms with Gasteiger partial charge in [-0.2, -0.15) is 0 Å². The van der Waals surface area contributed by atoms with E-state index in [9.17, 15) is 14.9 Å². The lowest BCUT2D eigenvalue weighted by Crippen LogP contribution is -2.25. The van der Waals surface area contributed by atoms with Gasteiger partial charge >= 0.3 is 5.69 Å². The molecular formula is C12H13ClN2O3. The van der Waals surface area contributed by atoms with E-state index in [1.54, 1.807) is 0 Å². The lowest BCUT2D eigenvalue weighted by atomic mass is 10.1. The number of nitrogens with zero attached hydrogens (tertiary/aromatic N) is 1. The predicted octanol–water partition coefficient (Wildman–Crippen LogP) is 2.78. The Morgan fingerprint density at radius 2 is 2.22 bits per heavy atom. The summed E-state index contributed by atoms with van der Waals surface area (Å²) in [6, 6.07) is 4.35. The molecule has 0 aliphatic heterocycles. The number of amides is 1. The maximum atomic E-state index is 11.8. The zero-order chi connectivity index (χ0) is 13.1. The van der Waals surface area contributed by atoms with E-state index in [2.05, 4.69) is 5.32 Å². The fraction of sp³-hybridized carbons (Fsp3) is 0.417. The highest BCUT2D eigenvalue weighted by Gasteiger charge is 2.24. The average Bonchev–Trinajstić information content (AvgIpc) is 3.12. The number of nitrogens with one attached hydrogen (secondary N) is 1. The van der Waals surface area contributed by atoms with Gasteiger partial charge in [0.1, 0.15) is 10.6 Å². The first kappa shape index (κ1) is 12.8. The third-order valence-electron chi connectivity index (χ3n) is 2.95. The van der Waals surface area contributed by atoms with Crippen LogP contribution >= 0.6 is 11.6 Å². The lowest BCUT2D eigenvalue weighted by Gasteiger charge is -2.06. The van der Waals surface area contributed by atoms with Gasteiger partial charge in [-0.3, -0.25) is 14.9 Å². The molecule has 1 fully saturated rings. The first-order valence-electron chi connectivity index (χ1n) is 5.80. The Balaban J connectivity index is 2.08. The number of nitro groups is 1. The Morgan fingerprint density at radius 3 is 2.83 bits per heavy atom. The summed E-state index contributed by atoms with van der Waals surface area (Å²) in [7, 11) is 0. The van der Waals surface area contributed by atoms with Crippen LogP contribution in [-0.4, -0.2) is 17.4 Å². The van der Waals surface area contributed by atoms with Crippen LogP contribution in [0.3, 0.4) is 0 Å². The summed E-state index contributed by atoms with van der Waals surface area (Å²) in [6.07, 6.45) is 3.36. The number of hydrogen-bond donors (Lipinski definition) is 1. The Morgan fingerprint density at radius 1 is 1.50 bits per heavy atom. The van der Waals surface area contributed by atoms with Gasteiger partial charge in [0.15, 0.2) is 0 Å². The second kappa shape index (κ2) is 5.35. The SMILES string of the molecule is O=C(NCCC1CC1)c1cccc(Cl)c1[N+](=O)[O-]. The number of hydrogen-bond acceptors (Lipinski definition) is 3. The Hall–Kier alpha value is -1.62. The van der Waals surface area contributed by atoms with Gasteiger partial charge in [-0.25, -0.2) is 0 Å². The van der Waals surface area contributed by atoms with Gasteiger partial charge in [0, 0.05) is 6.54 Å². The standard InChI is InChI=1S/C12H13ClN2O3/c13-10-3-1-2-9(11(10)15(17)18)12(16)14-7-6-8-4-5-8/h1-3,8H,4-7H2,(H,14,16). The van der Waals surface area contributed by atoms with Crippen molar-refractivity contribution in [2.75, 3.05) is 6.54 Å². The molecule has 0 spiro atoms. The molecule has 1 aliphatic rings. The maximum Gasteiger partial charge on any atom is 0.300 e. The highest BCUT2D eigenvalue weighted by Crippen LogP contribution is 2.32. The van der Waals surface area contributed by atoms with Gasteiger partial charge in [-0.1, -0.05) is 30.5 Å². The molecule has 0 heterocycles. The fourth-order valence-electron chi connectivity index (χ4n) is 1.78. The molecular weight excluding hydrogens is 256 g/mol. The van der Waals surface area contributed by atoms with Crippen molar-refractivity contribution in [1.82, 2.24) is 5.32 Å². The van der Waals surface area contributed by atoms with Crippen molar-refractivity contribution < 1.29 is 9.72 Å². The molecule has 1 aliphatic carbocycles. The van der Waals surface area contributed by atoms with E-state index >= 15 is 0 Å². The molecule has 0 bridgehead atoms. The van der Waals surface area contributed by atoms with E-state index in [1.807, 2.05) is 0 Å². The summed E-state index contributed by atoms with van der Waals surface area (Å²) in [6.45, 7) is 0.549. The summed E-state index contributed by atoms with van der Waals surface area (Å²) < 4.78 is 0. The van der Waals surface area contributed by atoms with Crippen molar-refractivity contribution in [3.8, 4) is 0 Å². The number of carbonyl (C=O) groups excluding carboxylic acids is 1. The normalized spacial score (nSPS) is 14.3. The van der Waals surface area contributed by atoms with E-state index in [1.165, 1.54) is 31.0 Å². The highest BCUT2D eigenvalue weighted by molar-refractivity contribution is 6.33. The molecule has 1 N–H and O–H groups in total. The number of halogens is 1. The van der Waals surface area contributed by atoms with Gasteiger partial charge in [0.25, 0.3) is 5.91 Å². The third kappa shape index (κ3) is 2.98. The third-order valence-corrected chi connectivity index (χ3v) is 3.25. The molecule has 18 heavy (non-hydrogen) atoms. The fourth-order valence-corrected chi connectivity index (χ4v) is 2.02. The van der Waals surface area contributed by atoms with Crippen LogP contribution in [0.2, 0.25) is 5.02 Å². The van der Waals surface area contributed by atoms with Gasteiger partial charge in [-0.05, 0) is 24.5 Å². The quantitative estimate of drug-likeness (QED) is 0.659. The largest absolute Gasteiger partial charge is 0.352 e. The summed E-state index contributed by atoms with van der Waals surface area (Å²) >= 11 is 5.74. The molecule has 2 rings (SSSR count). The topological polar surface area (TPSA) is 72.2 Å². The van der Waals surface area contributed by atoms with Crippen LogP contribution in [0.4, 0.5) is 5.69 Å². The predicted molar refractivity (Wildman–Crippen MR) is 67.8 cm³/mol. The molecule has 1 aromatic carbocycles. The number of carbonyl (C=O) groups is 1. The van der Waals surface area contributed by atoms with Crippen LogP contribution in [-0.2, 0) is 0 Å². The van der Waals surface area contributed by atoms with E-state index < -0.39 is 10.8 Å². The van der Waals surface area contributed by atoms with Crippen LogP contribution in [0.25, 0.3) is 0 Å². The second-order valence-electron chi connectivity index (χ2n) is 4.38. The molecule has 1 saturated carbocycles. The number of para-hydroxylation sites is 1. The van der Waals surface area contributed by atoms with E-state index in [0.29, 0.717) is 12.5 Å². The molecule has 0 saturated heterocycles. The molecule has 0 radical (unpaired) electrons. The van der Waals surface area contributed by atoms with Crippen LogP contribution < -0.4 is 5.32 Å². The monoisotopic (exact) mass is 268 g/mol. The molecule has 0 unspecified atom stereocenters. The molecule has 96 valence electrons. The van der Waals surface area contributed by atoms with Gasteiger partial charge in [0.05, 0.1) is 4.92 Å². The van der Waals surface area contributed by atoms with Gasteiger partial charge < -0.3 is 5.32 Å². The van der Waals surface area contributed by atoms with Crippen LogP contribution in [0.5, 0.6) is 0 Å². The molecule has 1 aromatic rings. The maximum absolute atomic E-state index is 11.8. The zero-order valence-electron chi connectivity index (χ0n) is 9.69. The number of benzene rings is 1. The van der Waals surface area contributed by atoms with Crippen molar-refractivity contribution in [3.05, 3.63) is 38.9 Å². The van der Waals surface area contributed by atoms with Crippen molar-refractivity contribution in [2.45, 2.75) is 19.3 Å². The molecule has 5 nitrogen and oxygen atoms in total. The minimum Gasteiger partial charge on any atom is -0.352 e. The summed E-state index contributed by atoms with van der Waals surface area (Å²) in [5.41, 5.74) is -0.314. The molecule has 1 amide bonds. The van der Waals surface area contributed by atoms with Gasteiger partial charge in [0.2, 0.25) is 0 Å². The van der Waals surface area contributed by atoms with E-state index in [0.717, 1.165) is 6.42 Å². The van der Waals surface area contributed by atoms with Crippen LogP contribution in [0.1, 0.15) is 29.6 Å². The highest BCUT2D eigenvalue weighted by atomic mass is 35.5. The van der Waals surface area contributed by atoms with Crippen molar-refractivity contribution >= 4 is 23.2 Å². The van der Waals surface area contributed by atoms with E-state index in [4.69, 9.17) is 11.6 Å². The Kier molecular flexibility index (Phi) is 3.81. The van der Waals surface area contributed by atoms with Crippen molar-refractivity contribution in [2.24, 2.45) is 5.92 Å². The van der Waals surface area contributed by atoms with Crippen LogP contribution in [0, 0.1) is 16.0 Å². The second-order valence-corrected chi connectivity index (χ2v) is 4.79. The number of rotatable bonds is 5. The minimum atomic E-state index is -0.627. The van der Waals surface area contributed by atoms with E-state index in [-0.39, 0.29) is 16.3 Å². The Labute approximate surface area is 109 Å². The smallest absolute Gasteiger partial charge is 0.300 e. The van der Waals surface area contributed by atoms with Crippen molar-refractivity contribution in [3.63, 3.8) is 0 Å². The summed E-state index contributed by atoms with van der Waals surface area (Å²) in [5.74, 6) is 0.268. The minimum absolute atomic E-state index is 0.0169. The first-order chi connectivity index (χ1) is 8.59. The van der Waals surface area contributed by atoms with Crippen LogP contribution in [0.15, 0.2) is 18.2 Å². The Bertz CT molecular complexity index is 486. The zero-order valence-corrected chi connectivity index (χ0v) is 10.4. The molecule has 6 heteroatoms. The summed E-state index contributed by atoms with van der Waals surface area (Å²) in [5, 5.41) is 13.6. The average molecular weight is 269 g/mol. The molecule has 0 atom stereocenters.